The monoisotopic (exact) mass is 261 g/mol. The van der Waals surface area contributed by atoms with Crippen LogP contribution in [0.25, 0.3) is 0 Å². The molecule has 1 aliphatic carbocycles. The van der Waals surface area contributed by atoms with Crippen LogP contribution in [0.3, 0.4) is 0 Å². The minimum Gasteiger partial charge on any atom is -0.455 e. The first-order valence-corrected chi connectivity index (χ1v) is 6.59. The molecule has 0 saturated heterocycles. The molecule has 0 unspecified atom stereocenters. The third-order valence-electron chi connectivity index (χ3n) is 3.43. The predicted molar refractivity (Wildman–Crippen MR) is 71.2 cm³/mol. The molecule has 0 heterocycles. The van der Waals surface area contributed by atoms with Crippen LogP contribution >= 0.6 is 0 Å². The van der Waals surface area contributed by atoms with Gasteiger partial charge in [-0.05, 0) is 24.8 Å². The van der Waals surface area contributed by atoms with Gasteiger partial charge in [0.1, 0.15) is 0 Å². The van der Waals surface area contributed by atoms with Crippen LogP contribution in [0.1, 0.15) is 31.9 Å². The summed E-state index contributed by atoms with van der Waals surface area (Å²) in [6.07, 6.45) is 0.876. The van der Waals surface area contributed by atoms with Crippen LogP contribution in [0.15, 0.2) is 30.3 Å². The molecule has 1 aromatic rings. The Balaban J connectivity index is 1.73. The molecular formula is C15H19NO3. The number of esters is 1. The summed E-state index contributed by atoms with van der Waals surface area (Å²) in [5, 5.41) is 2.81. The van der Waals surface area contributed by atoms with E-state index in [-0.39, 0.29) is 30.4 Å². The van der Waals surface area contributed by atoms with Gasteiger partial charge in [0.05, 0.1) is 12.0 Å². The molecule has 3 atom stereocenters. The van der Waals surface area contributed by atoms with E-state index in [1.54, 1.807) is 0 Å². The van der Waals surface area contributed by atoms with Crippen molar-refractivity contribution in [2.45, 2.75) is 26.3 Å². The van der Waals surface area contributed by atoms with Crippen molar-refractivity contribution in [2.24, 2.45) is 11.8 Å². The third-order valence-corrected chi connectivity index (χ3v) is 3.43. The predicted octanol–water partition coefficient (Wildman–Crippen LogP) is 2.06. The normalized spacial score (nSPS) is 22.4. The average Bonchev–Trinajstić information content (AvgIpc) is 3.14. The molecule has 0 spiro atoms. The number of amides is 1. The first kappa shape index (κ1) is 13.6. The molecule has 2 rings (SSSR count). The van der Waals surface area contributed by atoms with Crippen LogP contribution in [0.2, 0.25) is 0 Å². The number of rotatable bonds is 5. The van der Waals surface area contributed by atoms with Gasteiger partial charge in [0, 0.05) is 0 Å². The number of hydrogen-bond acceptors (Lipinski definition) is 3. The smallest absolute Gasteiger partial charge is 0.309 e. The zero-order valence-electron chi connectivity index (χ0n) is 11.3. The molecule has 4 nitrogen and oxygen atoms in total. The highest BCUT2D eigenvalue weighted by Gasteiger charge is 2.40. The Hall–Kier alpha value is -1.84. The van der Waals surface area contributed by atoms with Gasteiger partial charge in [-0.1, -0.05) is 37.3 Å². The molecule has 1 N–H and O–H groups in total. The molecule has 19 heavy (non-hydrogen) atoms. The molecule has 102 valence electrons. The molecule has 1 aliphatic rings. The summed E-state index contributed by atoms with van der Waals surface area (Å²) in [5.41, 5.74) is 1.03. The molecule has 1 amide bonds. The van der Waals surface area contributed by atoms with Crippen LogP contribution < -0.4 is 5.32 Å². The van der Waals surface area contributed by atoms with Crippen molar-refractivity contribution >= 4 is 11.9 Å². The summed E-state index contributed by atoms with van der Waals surface area (Å²) in [7, 11) is 0. The van der Waals surface area contributed by atoms with E-state index in [4.69, 9.17) is 4.74 Å². The van der Waals surface area contributed by atoms with Gasteiger partial charge < -0.3 is 10.1 Å². The minimum atomic E-state index is -0.266. The Kier molecular flexibility index (Phi) is 4.20. The first-order valence-electron chi connectivity index (χ1n) is 6.59. The summed E-state index contributed by atoms with van der Waals surface area (Å²) in [4.78, 5) is 23.1. The van der Waals surface area contributed by atoms with Crippen molar-refractivity contribution in [2.75, 3.05) is 6.61 Å². The molecule has 0 bridgehead atoms. The number of nitrogens with one attached hydrogen (secondary N) is 1. The lowest BCUT2D eigenvalue weighted by Crippen LogP contribution is -2.31. The number of benzene rings is 1. The van der Waals surface area contributed by atoms with Gasteiger partial charge >= 0.3 is 5.97 Å². The molecule has 0 aromatic heterocycles. The van der Waals surface area contributed by atoms with Crippen molar-refractivity contribution < 1.29 is 14.3 Å². The Morgan fingerprint density at radius 1 is 1.37 bits per heavy atom. The Labute approximate surface area is 113 Å². The largest absolute Gasteiger partial charge is 0.455 e. The molecule has 0 aliphatic heterocycles. The van der Waals surface area contributed by atoms with Crippen molar-refractivity contribution in [3.63, 3.8) is 0 Å². The van der Waals surface area contributed by atoms with Gasteiger partial charge in [-0.15, -0.1) is 0 Å². The maximum atomic E-state index is 11.7. The zero-order chi connectivity index (χ0) is 13.8. The third kappa shape index (κ3) is 3.81. The van der Waals surface area contributed by atoms with Crippen molar-refractivity contribution in [3.8, 4) is 0 Å². The molecule has 1 fully saturated rings. The van der Waals surface area contributed by atoms with E-state index in [1.165, 1.54) is 0 Å². The average molecular weight is 261 g/mol. The van der Waals surface area contributed by atoms with E-state index >= 15 is 0 Å². The fourth-order valence-corrected chi connectivity index (χ4v) is 2.00. The number of carbonyl (C=O) groups is 2. The Morgan fingerprint density at radius 3 is 2.58 bits per heavy atom. The SMILES string of the molecule is C[C@H](NC(=O)COC(=O)[C@H]1C[C@H]1C)c1ccccc1. The highest BCUT2D eigenvalue weighted by molar-refractivity contribution is 5.82. The Morgan fingerprint density at radius 2 is 2.00 bits per heavy atom. The van der Waals surface area contributed by atoms with E-state index < -0.39 is 0 Å². The van der Waals surface area contributed by atoms with Crippen LogP contribution in [-0.2, 0) is 14.3 Å². The Bertz CT molecular complexity index is 458. The van der Waals surface area contributed by atoms with E-state index in [1.807, 2.05) is 44.2 Å². The van der Waals surface area contributed by atoms with Gasteiger partial charge in [-0.2, -0.15) is 0 Å². The molecule has 4 heteroatoms. The fourth-order valence-electron chi connectivity index (χ4n) is 2.00. The van der Waals surface area contributed by atoms with Gasteiger partial charge in [-0.3, -0.25) is 9.59 Å². The second kappa shape index (κ2) is 5.87. The summed E-state index contributed by atoms with van der Waals surface area (Å²) < 4.78 is 4.98. The van der Waals surface area contributed by atoms with Crippen LogP contribution in [0.5, 0.6) is 0 Å². The maximum absolute atomic E-state index is 11.7. The van der Waals surface area contributed by atoms with Gasteiger partial charge in [-0.25, -0.2) is 0 Å². The first-order chi connectivity index (χ1) is 9.08. The molecular weight excluding hydrogens is 242 g/mol. The second-order valence-electron chi connectivity index (χ2n) is 5.13. The van der Waals surface area contributed by atoms with Crippen LogP contribution in [-0.4, -0.2) is 18.5 Å². The second-order valence-corrected chi connectivity index (χ2v) is 5.13. The summed E-state index contributed by atoms with van der Waals surface area (Å²) in [6, 6.07) is 9.58. The van der Waals surface area contributed by atoms with Gasteiger partial charge in [0.25, 0.3) is 5.91 Å². The zero-order valence-corrected chi connectivity index (χ0v) is 11.3. The quantitative estimate of drug-likeness (QED) is 0.825. The lowest BCUT2D eigenvalue weighted by Gasteiger charge is -2.14. The summed E-state index contributed by atoms with van der Waals surface area (Å²) >= 11 is 0. The van der Waals surface area contributed by atoms with Crippen molar-refractivity contribution in [1.29, 1.82) is 0 Å². The van der Waals surface area contributed by atoms with E-state index in [0.717, 1.165) is 12.0 Å². The maximum Gasteiger partial charge on any atom is 0.309 e. The lowest BCUT2D eigenvalue weighted by atomic mass is 10.1. The number of carbonyl (C=O) groups excluding carboxylic acids is 2. The minimum absolute atomic E-state index is 0.000605. The highest BCUT2D eigenvalue weighted by Crippen LogP contribution is 2.38. The number of ether oxygens (including phenoxy) is 1. The van der Waals surface area contributed by atoms with E-state index in [0.29, 0.717) is 5.92 Å². The summed E-state index contributed by atoms with van der Waals surface area (Å²) in [6.45, 7) is 3.71. The van der Waals surface area contributed by atoms with E-state index in [9.17, 15) is 9.59 Å². The summed E-state index contributed by atoms with van der Waals surface area (Å²) in [5.74, 6) is -0.119. The van der Waals surface area contributed by atoms with Crippen molar-refractivity contribution in [3.05, 3.63) is 35.9 Å². The van der Waals surface area contributed by atoms with Gasteiger partial charge in [0.2, 0.25) is 0 Å². The lowest BCUT2D eigenvalue weighted by molar-refractivity contribution is -0.150. The molecule has 1 aromatic carbocycles. The van der Waals surface area contributed by atoms with Gasteiger partial charge in [0.15, 0.2) is 6.61 Å². The van der Waals surface area contributed by atoms with Crippen LogP contribution in [0, 0.1) is 11.8 Å². The van der Waals surface area contributed by atoms with Crippen molar-refractivity contribution in [1.82, 2.24) is 5.32 Å². The number of hydrogen-bond donors (Lipinski definition) is 1. The molecule has 0 radical (unpaired) electrons. The highest BCUT2D eigenvalue weighted by atomic mass is 16.5. The van der Waals surface area contributed by atoms with E-state index in [2.05, 4.69) is 5.32 Å². The topological polar surface area (TPSA) is 55.4 Å². The fraction of sp³-hybridized carbons (Fsp3) is 0.467. The molecule has 1 saturated carbocycles. The standard InChI is InChI=1S/C15H19NO3/c1-10-8-13(10)15(18)19-9-14(17)16-11(2)12-6-4-3-5-7-12/h3-7,10-11,13H,8-9H2,1-2H3,(H,16,17)/t10-,11+,13+/m1/s1. The van der Waals surface area contributed by atoms with Crippen LogP contribution in [0.4, 0.5) is 0 Å².